The molecular weight excluding hydrogens is 228 g/mol. The molecule has 1 aromatic rings. The van der Waals surface area contributed by atoms with Crippen molar-refractivity contribution in [3.8, 4) is 0 Å². The second-order valence-electron chi connectivity index (χ2n) is 4.59. The molecular formula is C14H22N2O2. The molecule has 0 aliphatic carbocycles. The Kier molecular flexibility index (Phi) is 5.11. The van der Waals surface area contributed by atoms with Crippen LogP contribution < -0.4 is 5.32 Å². The molecule has 2 heterocycles. The smallest absolute Gasteiger partial charge is 0.0965 e. The van der Waals surface area contributed by atoms with E-state index in [4.69, 9.17) is 9.47 Å². The van der Waals surface area contributed by atoms with Gasteiger partial charge in [-0.15, -0.1) is 0 Å². The average Bonchev–Trinajstić information content (AvgIpc) is 2.46. The van der Waals surface area contributed by atoms with Gasteiger partial charge in [-0.25, -0.2) is 0 Å². The predicted molar refractivity (Wildman–Crippen MR) is 70.7 cm³/mol. The molecule has 100 valence electrons. The molecule has 1 N–H and O–H groups in total. The number of rotatable bonds is 5. The molecule has 0 spiro atoms. The molecule has 1 saturated heterocycles. The minimum absolute atomic E-state index is 0.122. The summed E-state index contributed by atoms with van der Waals surface area (Å²) in [5.41, 5.74) is 2.37. The summed E-state index contributed by atoms with van der Waals surface area (Å²) in [4.78, 5) is 4.50. The van der Waals surface area contributed by atoms with Crippen LogP contribution in [0.15, 0.2) is 18.3 Å². The molecule has 4 heteroatoms. The maximum Gasteiger partial charge on any atom is 0.0965 e. The molecule has 1 aromatic heterocycles. The number of aromatic nitrogens is 1. The largest absolute Gasteiger partial charge is 0.376 e. The Bertz CT molecular complexity index is 347. The maximum absolute atomic E-state index is 5.73. The first-order valence-corrected chi connectivity index (χ1v) is 6.64. The van der Waals surface area contributed by atoms with Gasteiger partial charge in [0.1, 0.15) is 0 Å². The lowest BCUT2D eigenvalue weighted by atomic mass is 10.0. The van der Waals surface area contributed by atoms with Crippen LogP contribution in [0.2, 0.25) is 0 Å². The van der Waals surface area contributed by atoms with Crippen molar-refractivity contribution in [3.05, 3.63) is 29.6 Å². The fourth-order valence-electron chi connectivity index (χ4n) is 2.17. The number of pyridine rings is 1. The van der Waals surface area contributed by atoms with Gasteiger partial charge in [-0.1, -0.05) is 13.0 Å². The minimum Gasteiger partial charge on any atom is -0.376 e. The predicted octanol–water partition coefficient (Wildman–Crippen LogP) is 1.19. The Hall–Kier alpha value is -0.970. The zero-order valence-corrected chi connectivity index (χ0v) is 11.2. The quantitative estimate of drug-likeness (QED) is 0.852. The van der Waals surface area contributed by atoms with E-state index in [0.29, 0.717) is 19.8 Å². The molecule has 1 fully saturated rings. The summed E-state index contributed by atoms with van der Waals surface area (Å²) in [5, 5.41) is 3.30. The third-order valence-corrected chi connectivity index (χ3v) is 3.38. The molecule has 2 rings (SSSR count). The molecule has 0 saturated carbocycles. The number of aryl methyl sites for hydroxylation is 1. The van der Waals surface area contributed by atoms with Crippen molar-refractivity contribution in [2.75, 3.05) is 26.9 Å². The van der Waals surface area contributed by atoms with Crippen LogP contribution in [-0.2, 0) is 22.3 Å². The van der Waals surface area contributed by atoms with Gasteiger partial charge >= 0.3 is 0 Å². The normalized spacial score (nSPS) is 21.8. The van der Waals surface area contributed by atoms with Gasteiger partial charge in [0, 0.05) is 24.4 Å². The molecule has 2 unspecified atom stereocenters. The van der Waals surface area contributed by atoms with Gasteiger partial charge in [-0.3, -0.25) is 4.98 Å². The molecule has 1 aliphatic rings. The van der Waals surface area contributed by atoms with E-state index in [0.717, 1.165) is 18.5 Å². The molecule has 18 heavy (non-hydrogen) atoms. The molecule has 1 aliphatic heterocycles. The Morgan fingerprint density at radius 1 is 1.44 bits per heavy atom. The van der Waals surface area contributed by atoms with E-state index in [-0.39, 0.29) is 12.1 Å². The van der Waals surface area contributed by atoms with Gasteiger partial charge in [0.25, 0.3) is 0 Å². The van der Waals surface area contributed by atoms with E-state index in [1.54, 1.807) is 0 Å². The van der Waals surface area contributed by atoms with Crippen LogP contribution in [0.1, 0.15) is 18.2 Å². The SMILES string of the molecule is CCc1ccc(CC(NC)C2COCCO2)nc1. The van der Waals surface area contributed by atoms with Crippen LogP contribution in [0, 0.1) is 0 Å². The van der Waals surface area contributed by atoms with E-state index in [9.17, 15) is 0 Å². The lowest BCUT2D eigenvalue weighted by molar-refractivity contribution is -0.100. The number of ether oxygens (including phenoxy) is 2. The summed E-state index contributed by atoms with van der Waals surface area (Å²) < 4.78 is 11.2. The first-order chi connectivity index (χ1) is 8.83. The van der Waals surface area contributed by atoms with Crippen LogP contribution in [-0.4, -0.2) is 44.0 Å². The summed E-state index contributed by atoms with van der Waals surface area (Å²) in [7, 11) is 1.96. The second kappa shape index (κ2) is 6.83. The van der Waals surface area contributed by atoms with Gasteiger partial charge in [0.15, 0.2) is 0 Å². The van der Waals surface area contributed by atoms with Crippen molar-refractivity contribution < 1.29 is 9.47 Å². The Morgan fingerprint density at radius 3 is 2.89 bits per heavy atom. The zero-order valence-electron chi connectivity index (χ0n) is 11.2. The second-order valence-corrected chi connectivity index (χ2v) is 4.59. The van der Waals surface area contributed by atoms with Crippen molar-refractivity contribution >= 4 is 0 Å². The van der Waals surface area contributed by atoms with Crippen molar-refractivity contribution in [1.82, 2.24) is 10.3 Å². The van der Waals surface area contributed by atoms with Crippen molar-refractivity contribution in [2.24, 2.45) is 0 Å². The summed E-state index contributed by atoms with van der Waals surface area (Å²) in [6, 6.07) is 4.51. The van der Waals surface area contributed by atoms with E-state index >= 15 is 0 Å². The van der Waals surface area contributed by atoms with E-state index in [1.807, 2.05) is 13.2 Å². The van der Waals surface area contributed by atoms with Crippen molar-refractivity contribution in [1.29, 1.82) is 0 Å². The maximum atomic E-state index is 5.73. The molecule has 0 aromatic carbocycles. The first kappa shape index (κ1) is 13.5. The summed E-state index contributed by atoms with van der Waals surface area (Å²) in [6.45, 7) is 4.19. The van der Waals surface area contributed by atoms with Crippen LogP contribution in [0.4, 0.5) is 0 Å². The van der Waals surface area contributed by atoms with Crippen molar-refractivity contribution in [3.63, 3.8) is 0 Å². The fourth-order valence-corrected chi connectivity index (χ4v) is 2.17. The highest BCUT2D eigenvalue weighted by Crippen LogP contribution is 2.11. The summed E-state index contributed by atoms with van der Waals surface area (Å²) >= 11 is 0. The molecule has 0 amide bonds. The van der Waals surface area contributed by atoms with Crippen LogP contribution in [0.3, 0.4) is 0 Å². The van der Waals surface area contributed by atoms with Gasteiger partial charge in [0.2, 0.25) is 0 Å². The third-order valence-electron chi connectivity index (χ3n) is 3.38. The number of nitrogens with zero attached hydrogens (tertiary/aromatic N) is 1. The van der Waals surface area contributed by atoms with Crippen LogP contribution in [0.25, 0.3) is 0 Å². The Morgan fingerprint density at radius 2 is 2.33 bits per heavy atom. The summed E-state index contributed by atoms with van der Waals surface area (Å²) in [5.74, 6) is 0. The Labute approximate surface area is 109 Å². The highest BCUT2D eigenvalue weighted by atomic mass is 16.6. The lowest BCUT2D eigenvalue weighted by Crippen LogP contribution is -2.46. The highest BCUT2D eigenvalue weighted by Gasteiger charge is 2.24. The monoisotopic (exact) mass is 250 g/mol. The highest BCUT2D eigenvalue weighted by molar-refractivity contribution is 5.15. The fraction of sp³-hybridized carbons (Fsp3) is 0.643. The average molecular weight is 250 g/mol. The molecule has 0 bridgehead atoms. The molecule has 0 radical (unpaired) electrons. The molecule has 2 atom stereocenters. The molecule has 4 nitrogen and oxygen atoms in total. The van der Waals surface area contributed by atoms with Crippen molar-refractivity contribution in [2.45, 2.75) is 31.9 Å². The Balaban J connectivity index is 1.95. The van der Waals surface area contributed by atoms with Gasteiger partial charge in [0.05, 0.1) is 25.9 Å². The standard InChI is InChI=1S/C14H22N2O2/c1-3-11-4-5-12(16-9-11)8-13(15-2)14-10-17-6-7-18-14/h4-5,9,13-15H,3,6-8,10H2,1-2H3. The first-order valence-electron chi connectivity index (χ1n) is 6.64. The number of hydrogen-bond donors (Lipinski definition) is 1. The van der Waals surface area contributed by atoms with Gasteiger partial charge in [-0.2, -0.15) is 0 Å². The van der Waals surface area contributed by atoms with E-state index < -0.39 is 0 Å². The van der Waals surface area contributed by atoms with Crippen LogP contribution in [0.5, 0.6) is 0 Å². The number of nitrogens with one attached hydrogen (secondary N) is 1. The topological polar surface area (TPSA) is 43.4 Å². The minimum atomic E-state index is 0.122. The van der Waals surface area contributed by atoms with E-state index in [1.165, 1.54) is 5.56 Å². The summed E-state index contributed by atoms with van der Waals surface area (Å²) in [6.07, 6.45) is 3.98. The van der Waals surface area contributed by atoms with Crippen LogP contribution >= 0.6 is 0 Å². The number of hydrogen-bond acceptors (Lipinski definition) is 4. The zero-order chi connectivity index (χ0) is 12.8. The lowest BCUT2D eigenvalue weighted by Gasteiger charge is -2.30. The van der Waals surface area contributed by atoms with E-state index in [2.05, 4.69) is 29.4 Å². The number of likely N-dealkylation sites (N-methyl/N-ethyl adjacent to an activating group) is 1. The van der Waals surface area contributed by atoms with Gasteiger partial charge in [-0.05, 0) is 25.1 Å². The third kappa shape index (κ3) is 3.51. The van der Waals surface area contributed by atoms with Gasteiger partial charge < -0.3 is 14.8 Å².